The molecule has 0 atom stereocenters. The first-order valence-corrected chi connectivity index (χ1v) is 5.57. The second-order valence-electron chi connectivity index (χ2n) is 2.69. The number of rotatable bonds is 3. The van der Waals surface area contributed by atoms with Crippen molar-refractivity contribution in [3.63, 3.8) is 0 Å². The predicted octanol–water partition coefficient (Wildman–Crippen LogP) is 0.909. The van der Waals surface area contributed by atoms with E-state index in [0.29, 0.717) is 20.4 Å². The van der Waals surface area contributed by atoms with Crippen molar-refractivity contribution < 1.29 is 19.5 Å². The summed E-state index contributed by atoms with van der Waals surface area (Å²) in [5.41, 5.74) is 0.182. The van der Waals surface area contributed by atoms with E-state index in [1.807, 2.05) is 0 Å². The number of benzene rings is 1. The molecule has 0 fully saturated rings. The summed E-state index contributed by atoms with van der Waals surface area (Å²) in [6, 6.07) is 1.71. The fraction of sp³-hybridized carbons (Fsp3) is 0.250. The van der Waals surface area contributed by atoms with Crippen LogP contribution in [-0.4, -0.2) is 31.4 Å². The lowest BCUT2D eigenvalue weighted by Gasteiger charge is -2.15. The lowest BCUT2D eigenvalue weighted by atomic mass is 9.78. The summed E-state index contributed by atoms with van der Waals surface area (Å²) in [6.45, 7) is 0. The van der Waals surface area contributed by atoms with E-state index < -0.39 is 7.12 Å². The fourth-order valence-corrected chi connectivity index (χ4v) is 2.77. The first kappa shape index (κ1) is 12.8. The quantitative estimate of drug-likeness (QED) is 0.804. The lowest BCUT2D eigenvalue weighted by molar-refractivity contribution is 0.382. The fourth-order valence-electron chi connectivity index (χ4n) is 1.25. The van der Waals surface area contributed by atoms with Crippen molar-refractivity contribution in [3.05, 3.63) is 15.0 Å². The molecule has 0 aliphatic heterocycles. The number of ether oxygens (including phenoxy) is 2. The number of methoxy groups -OCH3 is 2. The van der Waals surface area contributed by atoms with Gasteiger partial charge in [-0.15, -0.1) is 0 Å². The Labute approximate surface area is 105 Å². The third kappa shape index (κ3) is 2.47. The number of hydrogen-bond donors (Lipinski definition) is 2. The maximum Gasteiger partial charge on any atom is 0.496 e. The predicted molar refractivity (Wildman–Crippen MR) is 64.8 cm³/mol. The second-order valence-corrected chi connectivity index (χ2v) is 4.40. The van der Waals surface area contributed by atoms with Gasteiger partial charge in [0.15, 0.2) is 0 Å². The van der Waals surface area contributed by atoms with Crippen molar-refractivity contribution in [2.45, 2.75) is 0 Å². The molecule has 0 heterocycles. The van der Waals surface area contributed by atoms with Crippen LogP contribution in [-0.2, 0) is 0 Å². The first-order chi connectivity index (χ1) is 7.02. The van der Waals surface area contributed by atoms with Crippen molar-refractivity contribution in [1.29, 1.82) is 0 Å². The molecule has 0 saturated heterocycles. The van der Waals surface area contributed by atoms with Gasteiger partial charge < -0.3 is 19.5 Å². The minimum atomic E-state index is -1.66. The van der Waals surface area contributed by atoms with Crippen LogP contribution in [0.4, 0.5) is 0 Å². The highest BCUT2D eigenvalue weighted by Crippen LogP contribution is 2.34. The summed E-state index contributed by atoms with van der Waals surface area (Å²) < 4.78 is 11.4. The topological polar surface area (TPSA) is 58.9 Å². The van der Waals surface area contributed by atoms with Crippen LogP contribution < -0.4 is 14.9 Å². The van der Waals surface area contributed by atoms with Crippen molar-refractivity contribution >= 4 is 44.4 Å². The Morgan fingerprint density at radius 3 is 1.73 bits per heavy atom. The largest absolute Gasteiger partial charge is 0.496 e. The molecule has 0 saturated carbocycles. The van der Waals surface area contributed by atoms with Crippen LogP contribution >= 0.6 is 31.9 Å². The Morgan fingerprint density at radius 2 is 1.47 bits per heavy atom. The van der Waals surface area contributed by atoms with Crippen molar-refractivity contribution in [3.8, 4) is 11.5 Å². The van der Waals surface area contributed by atoms with Gasteiger partial charge in [0.2, 0.25) is 0 Å². The van der Waals surface area contributed by atoms with E-state index in [4.69, 9.17) is 9.47 Å². The van der Waals surface area contributed by atoms with E-state index in [9.17, 15) is 10.0 Å². The molecule has 0 aromatic heterocycles. The standard InChI is InChI=1S/C8H9BBr2O4/c1-14-7-4(10)3-5(11)8(15-2)6(7)9(12)13/h3,12-13H,1-2H3. The molecule has 82 valence electrons. The van der Waals surface area contributed by atoms with Gasteiger partial charge in [0.1, 0.15) is 11.5 Å². The zero-order chi connectivity index (χ0) is 11.6. The second kappa shape index (κ2) is 5.20. The molecule has 0 radical (unpaired) electrons. The molecule has 1 aromatic rings. The Bertz CT molecular complexity index is 342. The molecule has 1 rings (SSSR count). The summed E-state index contributed by atoms with van der Waals surface area (Å²) in [6.07, 6.45) is 0. The van der Waals surface area contributed by atoms with Crippen LogP contribution in [0.25, 0.3) is 0 Å². The lowest BCUT2D eigenvalue weighted by Crippen LogP contribution is -2.33. The molecule has 1 aromatic carbocycles. The maximum atomic E-state index is 9.25. The Kier molecular flexibility index (Phi) is 4.45. The Hall–Kier alpha value is -0.235. The van der Waals surface area contributed by atoms with E-state index in [0.717, 1.165) is 0 Å². The van der Waals surface area contributed by atoms with Gasteiger partial charge >= 0.3 is 7.12 Å². The smallest absolute Gasteiger partial charge is 0.496 e. The highest BCUT2D eigenvalue weighted by atomic mass is 79.9. The van der Waals surface area contributed by atoms with Gasteiger partial charge in [-0.05, 0) is 37.9 Å². The molecule has 2 N–H and O–H groups in total. The highest BCUT2D eigenvalue weighted by molar-refractivity contribution is 9.11. The Balaban J connectivity index is 3.51. The average Bonchev–Trinajstić information content (AvgIpc) is 2.16. The van der Waals surface area contributed by atoms with E-state index in [2.05, 4.69) is 31.9 Å². The van der Waals surface area contributed by atoms with Gasteiger partial charge in [-0.3, -0.25) is 0 Å². The SMILES string of the molecule is COc1c(Br)cc(Br)c(OC)c1B(O)O. The summed E-state index contributed by atoms with van der Waals surface area (Å²) >= 11 is 6.51. The first-order valence-electron chi connectivity index (χ1n) is 3.99. The average molecular weight is 340 g/mol. The van der Waals surface area contributed by atoms with Crippen LogP contribution in [0.1, 0.15) is 0 Å². The van der Waals surface area contributed by atoms with Crippen LogP contribution in [0.15, 0.2) is 15.0 Å². The number of halogens is 2. The summed E-state index contributed by atoms with van der Waals surface area (Å²) in [7, 11) is 1.22. The number of hydrogen-bond acceptors (Lipinski definition) is 4. The molecule has 4 nitrogen and oxygen atoms in total. The summed E-state index contributed by atoms with van der Waals surface area (Å²) in [5, 5.41) is 18.5. The summed E-state index contributed by atoms with van der Waals surface area (Å²) in [5.74, 6) is 0.676. The minimum Gasteiger partial charge on any atom is -0.496 e. The zero-order valence-corrected chi connectivity index (χ0v) is 11.3. The molecule has 0 aliphatic rings. The molecule has 0 unspecified atom stereocenters. The van der Waals surface area contributed by atoms with Crippen LogP contribution in [0.2, 0.25) is 0 Å². The normalized spacial score (nSPS) is 10.0. The van der Waals surface area contributed by atoms with Gasteiger partial charge in [0.25, 0.3) is 0 Å². The molecule has 15 heavy (non-hydrogen) atoms. The van der Waals surface area contributed by atoms with Gasteiger partial charge in [-0.2, -0.15) is 0 Å². The van der Waals surface area contributed by atoms with Gasteiger partial charge in [0, 0.05) is 0 Å². The van der Waals surface area contributed by atoms with Gasteiger partial charge in [-0.1, -0.05) is 0 Å². The highest BCUT2D eigenvalue weighted by Gasteiger charge is 2.26. The van der Waals surface area contributed by atoms with E-state index in [1.54, 1.807) is 6.07 Å². The third-order valence-corrected chi connectivity index (χ3v) is 3.02. The molecule has 0 amide bonds. The summed E-state index contributed by atoms with van der Waals surface area (Å²) in [4.78, 5) is 0. The van der Waals surface area contributed by atoms with Gasteiger partial charge in [0.05, 0.1) is 28.6 Å². The molecule has 7 heteroatoms. The van der Waals surface area contributed by atoms with E-state index in [-0.39, 0.29) is 5.46 Å². The molecule has 0 aliphatic carbocycles. The monoisotopic (exact) mass is 338 g/mol. The van der Waals surface area contributed by atoms with Gasteiger partial charge in [-0.25, -0.2) is 0 Å². The molecular weight excluding hydrogens is 331 g/mol. The third-order valence-electron chi connectivity index (χ3n) is 1.84. The van der Waals surface area contributed by atoms with Crippen molar-refractivity contribution in [2.75, 3.05) is 14.2 Å². The zero-order valence-electron chi connectivity index (χ0n) is 8.12. The van der Waals surface area contributed by atoms with Crippen molar-refractivity contribution in [1.82, 2.24) is 0 Å². The van der Waals surface area contributed by atoms with Crippen molar-refractivity contribution in [2.24, 2.45) is 0 Å². The van der Waals surface area contributed by atoms with Crippen LogP contribution in [0.3, 0.4) is 0 Å². The molecular formula is C8H9BBr2O4. The Morgan fingerprint density at radius 1 is 1.07 bits per heavy atom. The maximum absolute atomic E-state index is 9.25. The minimum absolute atomic E-state index is 0.182. The molecule has 0 spiro atoms. The van der Waals surface area contributed by atoms with Crippen LogP contribution in [0, 0.1) is 0 Å². The van der Waals surface area contributed by atoms with E-state index >= 15 is 0 Å². The van der Waals surface area contributed by atoms with E-state index in [1.165, 1.54) is 14.2 Å². The molecule has 0 bridgehead atoms. The van der Waals surface area contributed by atoms with Crippen LogP contribution in [0.5, 0.6) is 11.5 Å².